The van der Waals surface area contributed by atoms with Gasteiger partial charge in [0.1, 0.15) is 11.5 Å². The fraction of sp³-hybridized carbons (Fsp3) is 0.0270. The normalized spacial score (nSPS) is 14.0. The van der Waals surface area contributed by atoms with E-state index in [1.807, 2.05) is 18.2 Å². The average molecular weight is 532 g/mol. The Balaban J connectivity index is 1.52. The van der Waals surface area contributed by atoms with Crippen LogP contribution in [0.3, 0.4) is 0 Å². The summed E-state index contributed by atoms with van der Waals surface area (Å²) in [4.78, 5) is 0. The molecule has 0 radical (unpaired) electrons. The van der Waals surface area contributed by atoms with Crippen LogP contribution in [0.25, 0.3) is 38.6 Å². The Hall–Kier alpha value is -4.79. The van der Waals surface area contributed by atoms with Crippen molar-refractivity contribution in [3.63, 3.8) is 0 Å². The van der Waals surface area contributed by atoms with Crippen LogP contribution in [0.5, 0.6) is 11.5 Å². The predicted octanol–water partition coefficient (Wildman–Crippen LogP) is 9.91. The van der Waals surface area contributed by atoms with Gasteiger partial charge in [0, 0.05) is 38.2 Å². The number of nitrogens with zero attached hydrogens (tertiary/aromatic N) is 1. The highest BCUT2D eigenvalue weighted by Crippen LogP contribution is 2.63. The molecule has 9 rings (SSSR count). The topological polar surface area (TPSA) is 14.2 Å². The highest BCUT2D eigenvalue weighted by atomic mass is 35.5. The SMILES string of the molecule is Clc1cccc2c1-c1cc3c4ccccc4n(-c4ccccc4)c3cc1C21c2ccccc2Oc2ccccc21. The Morgan fingerprint density at radius 2 is 1.18 bits per heavy atom. The number of rotatable bonds is 1. The molecule has 0 fully saturated rings. The molecule has 6 aromatic carbocycles. The zero-order valence-electron chi connectivity index (χ0n) is 21.4. The molecule has 0 unspecified atom stereocenters. The van der Waals surface area contributed by atoms with Crippen molar-refractivity contribution in [3.8, 4) is 28.3 Å². The smallest absolute Gasteiger partial charge is 0.132 e. The molecule has 7 aromatic rings. The Kier molecular flexibility index (Phi) is 4.35. The van der Waals surface area contributed by atoms with Crippen molar-refractivity contribution in [2.24, 2.45) is 0 Å². The molecule has 0 atom stereocenters. The van der Waals surface area contributed by atoms with Crippen LogP contribution in [-0.4, -0.2) is 4.57 Å². The van der Waals surface area contributed by atoms with E-state index >= 15 is 0 Å². The molecule has 3 heteroatoms. The van der Waals surface area contributed by atoms with Gasteiger partial charge in [0.15, 0.2) is 0 Å². The van der Waals surface area contributed by atoms with E-state index in [-0.39, 0.29) is 0 Å². The van der Waals surface area contributed by atoms with Gasteiger partial charge < -0.3 is 9.30 Å². The van der Waals surface area contributed by atoms with Gasteiger partial charge in [0.05, 0.1) is 16.4 Å². The van der Waals surface area contributed by atoms with Crippen molar-refractivity contribution >= 4 is 33.4 Å². The Labute approximate surface area is 236 Å². The minimum Gasteiger partial charge on any atom is -0.457 e. The second-order valence-corrected chi connectivity index (χ2v) is 11.0. The van der Waals surface area contributed by atoms with Crippen molar-refractivity contribution in [1.82, 2.24) is 4.57 Å². The van der Waals surface area contributed by atoms with Crippen molar-refractivity contribution < 1.29 is 4.74 Å². The molecular formula is C37H22ClNO. The van der Waals surface area contributed by atoms with Crippen LogP contribution in [0.4, 0.5) is 0 Å². The molecule has 40 heavy (non-hydrogen) atoms. The second-order valence-electron chi connectivity index (χ2n) is 10.6. The lowest BCUT2D eigenvalue weighted by atomic mass is 9.66. The monoisotopic (exact) mass is 531 g/mol. The number of hydrogen-bond donors (Lipinski definition) is 0. The molecule has 0 N–H and O–H groups in total. The summed E-state index contributed by atoms with van der Waals surface area (Å²) in [6, 6.07) is 47.3. The van der Waals surface area contributed by atoms with Crippen LogP contribution in [0, 0.1) is 0 Å². The Morgan fingerprint density at radius 1 is 0.525 bits per heavy atom. The summed E-state index contributed by atoms with van der Waals surface area (Å²) in [5, 5.41) is 3.21. The minimum absolute atomic E-state index is 0.562. The van der Waals surface area contributed by atoms with Gasteiger partial charge in [-0.2, -0.15) is 0 Å². The summed E-state index contributed by atoms with van der Waals surface area (Å²) in [5.74, 6) is 1.76. The van der Waals surface area contributed by atoms with Crippen LogP contribution in [0.15, 0.2) is 133 Å². The van der Waals surface area contributed by atoms with Crippen LogP contribution in [0.1, 0.15) is 22.3 Å². The van der Waals surface area contributed by atoms with E-state index in [9.17, 15) is 0 Å². The zero-order chi connectivity index (χ0) is 26.4. The van der Waals surface area contributed by atoms with Crippen LogP contribution in [-0.2, 0) is 5.41 Å². The first kappa shape index (κ1) is 22.1. The molecule has 1 spiro atoms. The van der Waals surface area contributed by atoms with E-state index < -0.39 is 5.41 Å². The first-order valence-electron chi connectivity index (χ1n) is 13.6. The number of benzene rings is 6. The third-order valence-corrected chi connectivity index (χ3v) is 9.03. The number of ether oxygens (including phenoxy) is 1. The summed E-state index contributed by atoms with van der Waals surface area (Å²) in [6.07, 6.45) is 0. The number of halogens is 1. The van der Waals surface area contributed by atoms with Gasteiger partial charge in [-0.05, 0) is 65.2 Å². The first-order chi connectivity index (χ1) is 19.8. The van der Waals surface area contributed by atoms with E-state index in [0.717, 1.165) is 38.9 Å². The van der Waals surface area contributed by atoms with Gasteiger partial charge in [0.25, 0.3) is 0 Å². The standard InChI is InChI=1S/C37H22ClNO/c38-31-17-10-16-29-36(31)26-21-25-24-13-4-7-18-32(24)39(23-11-2-1-3-12-23)33(25)22-30(26)37(29)27-14-5-8-19-34(27)40-35-20-9-6-15-28(35)37/h1-22H. The maximum Gasteiger partial charge on any atom is 0.132 e. The summed E-state index contributed by atoms with van der Waals surface area (Å²) in [6.45, 7) is 0. The number of hydrogen-bond acceptors (Lipinski definition) is 1. The van der Waals surface area contributed by atoms with E-state index in [2.05, 4.69) is 120 Å². The lowest BCUT2D eigenvalue weighted by Gasteiger charge is -2.39. The molecule has 0 amide bonds. The fourth-order valence-corrected chi connectivity index (χ4v) is 7.49. The fourth-order valence-electron chi connectivity index (χ4n) is 7.22. The zero-order valence-corrected chi connectivity index (χ0v) is 22.2. The summed E-state index contributed by atoms with van der Waals surface area (Å²) in [5.41, 5.74) is 9.92. The van der Waals surface area contributed by atoms with Gasteiger partial charge in [-0.15, -0.1) is 0 Å². The van der Waals surface area contributed by atoms with Crippen LogP contribution in [0.2, 0.25) is 5.02 Å². The number of para-hydroxylation sites is 4. The molecule has 1 aliphatic carbocycles. The minimum atomic E-state index is -0.562. The third kappa shape index (κ3) is 2.64. The van der Waals surface area contributed by atoms with Crippen molar-refractivity contribution in [2.75, 3.05) is 0 Å². The van der Waals surface area contributed by atoms with Crippen molar-refractivity contribution in [1.29, 1.82) is 0 Å². The molecule has 2 heterocycles. The van der Waals surface area contributed by atoms with E-state index in [1.165, 1.54) is 38.5 Å². The van der Waals surface area contributed by atoms with Gasteiger partial charge in [-0.3, -0.25) is 0 Å². The third-order valence-electron chi connectivity index (χ3n) is 8.72. The molecule has 0 bridgehead atoms. The summed E-state index contributed by atoms with van der Waals surface area (Å²) in [7, 11) is 0. The quantitative estimate of drug-likeness (QED) is 0.205. The molecule has 0 saturated carbocycles. The summed E-state index contributed by atoms with van der Waals surface area (Å²) >= 11 is 7.09. The van der Waals surface area contributed by atoms with Gasteiger partial charge in [-0.25, -0.2) is 0 Å². The molecule has 2 aliphatic rings. The maximum atomic E-state index is 7.09. The molecule has 1 aromatic heterocycles. The molecule has 2 nitrogen and oxygen atoms in total. The highest BCUT2D eigenvalue weighted by molar-refractivity contribution is 6.34. The first-order valence-corrected chi connectivity index (χ1v) is 13.9. The number of fused-ring (bicyclic) bond motifs is 12. The lowest BCUT2D eigenvalue weighted by Crippen LogP contribution is -2.32. The van der Waals surface area contributed by atoms with Gasteiger partial charge in [0.2, 0.25) is 0 Å². The van der Waals surface area contributed by atoms with E-state index in [0.29, 0.717) is 0 Å². The van der Waals surface area contributed by atoms with Crippen molar-refractivity contribution in [3.05, 3.63) is 161 Å². The predicted molar refractivity (Wildman–Crippen MR) is 163 cm³/mol. The molecular weight excluding hydrogens is 510 g/mol. The largest absolute Gasteiger partial charge is 0.457 e. The van der Waals surface area contributed by atoms with E-state index in [1.54, 1.807) is 0 Å². The van der Waals surface area contributed by atoms with Crippen LogP contribution >= 0.6 is 11.6 Å². The molecule has 1 aliphatic heterocycles. The highest BCUT2D eigenvalue weighted by Gasteiger charge is 2.51. The maximum absolute atomic E-state index is 7.09. The molecule has 0 saturated heterocycles. The van der Waals surface area contributed by atoms with Crippen LogP contribution < -0.4 is 4.74 Å². The second kappa shape index (κ2) is 7.88. The lowest BCUT2D eigenvalue weighted by molar-refractivity contribution is 0.436. The molecule has 188 valence electrons. The Bertz CT molecular complexity index is 2110. The van der Waals surface area contributed by atoms with Crippen molar-refractivity contribution in [2.45, 2.75) is 5.41 Å². The summed E-state index contributed by atoms with van der Waals surface area (Å²) < 4.78 is 8.90. The average Bonchev–Trinajstić information content (AvgIpc) is 3.48. The Morgan fingerprint density at radius 3 is 1.95 bits per heavy atom. The van der Waals surface area contributed by atoms with Gasteiger partial charge in [-0.1, -0.05) is 96.5 Å². The number of aromatic nitrogens is 1. The van der Waals surface area contributed by atoms with Gasteiger partial charge >= 0.3 is 0 Å². The van der Waals surface area contributed by atoms with E-state index in [4.69, 9.17) is 16.3 Å².